The summed E-state index contributed by atoms with van der Waals surface area (Å²) >= 11 is 1.50. The van der Waals surface area contributed by atoms with E-state index in [2.05, 4.69) is 66.4 Å². The Bertz CT molecular complexity index is 1560. The number of piperazine rings is 1. The summed E-state index contributed by atoms with van der Waals surface area (Å²) in [6.07, 6.45) is 1.93. The van der Waals surface area contributed by atoms with Crippen LogP contribution in [0.3, 0.4) is 0 Å². The van der Waals surface area contributed by atoms with Crippen molar-refractivity contribution in [2.75, 3.05) is 31.1 Å². The van der Waals surface area contributed by atoms with Crippen LogP contribution in [-0.4, -0.2) is 47.8 Å². The molecule has 0 N–H and O–H groups in total. The first-order valence-electron chi connectivity index (χ1n) is 14.0. The van der Waals surface area contributed by atoms with Gasteiger partial charge < -0.3 is 9.80 Å². The van der Waals surface area contributed by atoms with Crippen molar-refractivity contribution in [3.63, 3.8) is 0 Å². The summed E-state index contributed by atoms with van der Waals surface area (Å²) in [5.74, 6) is 0.0488. The van der Waals surface area contributed by atoms with Crippen molar-refractivity contribution in [2.24, 2.45) is 0 Å². The van der Waals surface area contributed by atoms with E-state index in [0.717, 1.165) is 54.4 Å². The molecule has 6 rings (SSSR count). The lowest BCUT2D eigenvalue weighted by Gasteiger charge is -2.34. The summed E-state index contributed by atoms with van der Waals surface area (Å²) in [6.45, 7) is 6.66. The highest BCUT2D eigenvalue weighted by Gasteiger charge is 2.29. The van der Waals surface area contributed by atoms with Gasteiger partial charge in [0.2, 0.25) is 0 Å². The number of para-hydroxylation sites is 1. The minimum absolute atomic E-state index is 0.0113. The van der Waals surface area contributed by atoms with Crippen LogP contribution in [0.2, 0.25) is 0 Å². The second-order valence-corrected chi connectivity index (χ2v) is 11.7. The van der Waals surface area contributed by atoms with E-state index in [9.17, 15) is 9.59 Å². The first kappa shape index (κ1) is 27.1. The fourth-order valence-corrected chi connectivity index (χ4v) is 6.36. The van der Waals surface area contributed by atoms with Crippen molar-refractivity contribution in [2.45, 2.75) is 24.9 Å². The van der Waals surface area contributed by atoms with Crippen LogP contribution >= 0.6 is 11.8 Å². The fourth-order valence-electron chi connectivity index (χ4n) is 5.30. The highest BCUT2D eigenvalue weighted by atomic mass is 32.2. The zero-order valence-electron chi connectivity index (χ0n) is 23.2. The second-order valence-electron chi connectivity index (χ2n) is 10.6. The molecule has 2 aliphatic heterocycles. The lowest BCUT2D eigenvalue weighted by molar-refractivity contribution is -0.114. The number of hydrogen-bond donors (Lipinski definition) is 0. The molecule has 0 aromatic heterocycles. The van der Waals surface area contributed by atoms with Gasteiger partial charge in [-0.25, -0.2) is 0 Å². The summed E-state index contributed by atoms with van der Waals surface area (Å²) < 4.78 is 0. The Hall–Kier alpha value is -4.13. The van der Waals surface area contributed by atoms with Crippen molar-refractivity contribution >= 4 is 35.3 Å². The van der Waals surface area contributed by atoms with Crippen LogP contribution in [0, 0.1) is 6.92 Å². The predicted octanol–water partition coefficient (Wildman–Crippen LogP) is 6.63. The number of carbonyl (C=O) groups excluding carboxylic acids is 2. The van der Waals surface area contributed by atoms with Crippen molar-refractivity contribution in [3.05, 3.63) is 136 Å². The molecule has 6 heteroatoms. The number of nitrogens with zero attached hydrogens (tertiary/aromatic N) is 3. The van der Waals surface area contributed by atoms with Crippen LogP contribution in [0.5, 0.6) is 0 Å². The third-order valence-electron chi connectivity index (χ3n) is 7.66. The fraction of sp³-hybridized carbons (Fsp3) is 0.200. The molecule has 0 radical (unpaired) electrons. The van der Waals surface area contributed by atoms with Gasteiger partial charge in [-0.05, 0) is 54.0 Å². The second kappa shape index (κ2) is 12.2. The maximum Gasteiger partial charge on any atom is 0.265 e. The zero-order valence-corrected chi connectivity index (χ0v) is 24.0. The van der Waals surface area contributed by atoms with Crippen molar-refractivity contribution in [3.8, 4) is 0 Å². The van der Waals surface area contributed by atoms with E-state index in [-0.39, 0.29) is 11.8 Å². The van der Waals surface area contributed by atoms with Crippen molar-refractivity contribution in [1.82, 2.24) is 9.80 Å². The Morgan fingerprint density at radius 2 is 1.41 bits per heavy atom. The average molecular weight is 560 g/mol. The molecule has 2 aliphatic rings. The largest absolute Gasteiger partial charge is 0.336 e. The van der Waals surface area contributed by atoms with E-state index in [0.29, 0.717) is 17.0 Å². The van der Waals surface area contributed by atoms with Gasteiger partial charge in [0.1, 0.15) is 0 Å². The topological polar surface area (TPSA) is 43.9 Å². The molecule has 1 saturated heterocycles. The molecule has 206 valence electrons. The quantitative estimate of drug-likeness (QED) is 0.249. The minimum atomic E-state index is -0.0113. The maximum atomic E-state index is 13.7. The molecule has 4 aromatic rings. The molecule has 0 spiro atoms. The zero-order chi connectivity index (χ0) is 28.2. The van der Waals surface area contributed by atoms with Gasteiger partial charge in [-0.2, -0.15) is 0 Å². The number of rotatable bonds is 6. The first-order chi connectivity index (χ1) is 20.0. The molecular formula is C35H33N3O2S. The van der Waals surface area contributed by atoms with Crippen LogP contribution in [0.25, 0.3) is 6.08 Å². The molecule has 41 heavy (non-hydrogen) atoms. The Labute approximate surface area is 246 Å². The van der Waals surface area contributed by atoms with Crippen LogP contribution in [-0.2, 0) is 17.9 Å². The van der Waals surface area contributed by atoms with Crippen LogP contribution in [0.15, 0.2) is 113 Å². The summed E-state index contributed by atoms with van der Waals surface area (Å²) in [7, 11) is 0. The molecule has 0 bridgehead atoms. The van der Waals surface area contributed by atoms with Gasteiger partial charge in [0.15, 0.2) is 0 Å². The number of thioether (sulfide) groups is 1. The van der Waals surface area contributed by atoms with Gasteiger partial charge in [0, 0.05) is 43.2 Å². The smallest absolute Gasteiger partial charge is 0.265 e. The highest BCUT2D eigenvalue weighted by molar-refractivity contribution is 8.04. The molecule has 0 unspecified atom stereocenters. The monoisotopic (exact) mass is 559 g/mol. The van der Waals surface area contributed by atoms with Crippen LogP contribution in [0.1, 0.15) is 32.6 Å². The maximum absolute atomic E-state index is 13.7. The van der Waals surface area contributed by atoms with Gasteiger partial charge in [-0.15, -0.1) is 0 Å². The summed E-state index contributed by atoms with van der Waals surface area (Å²) in [6, 6.07) is 34.4. The molecule has 5 nitrogen and oxygen atoms in total. The number of fused-ring (bicyclic) bond motifs is 1. The van der Waals surface area contributed by atoms with E-state index in [1.54, 1.807) is 0 Å². The number of anilines is 1. The molecule has 2 amide bonds. The molecule has 2 heterocycles. The lowest BCUT2D eigenvalue weighted by atomic mass is 10.1. The summed E-state index contributed by atoms with van der Waals surface area (Å²) in [5.41, 5.74) is 6.10. The van der Waals surface area contributed by atoms with E-state index < -0.39 is 0 Å². The Balaban J connectivity index is 1.13. The van der Waals surface area contributed by atoms with Gasteiger partial charge >= 0.3 is 0 Å². The Morgan fingerprint density at radius 1 is 0.756 bits per heavy atom. The number of carbonyl (C=O) groups is 2. The number of aryl methyl sites for hydroxylation is 1. The molecule has 0 saturated carbocycles. The lowest BCUT2D eigenvalue weighted by Crippen LogP contribution is -2.48. The first-order valence-corrected chi connectivity index (χ1v) is 14.9. The summed E-state index contributed by atoms with van der Waals surface area (Å²) in [5, 5.41) is 0. The van der Waals surface area contributed by atoms with E-state index >= 15 is 0 Å². The number of hydrogen-bond acceptors (Lipinski definition) is 4. The van der Waals surface area contributed by atoms with E-state index in [1.165, 1.54) is 22.9 Å². The van der Waals surface area contributed by atoms with Crippen molar-refractivity contribution < 1.29 is 9.59 Å². The number of benzene rings is 4. The Morgan fingerprint density at radius 3 is 2.15 bits per heavy atom. The SMILES string of the molecule is Cc1ccc(CN2C(=O)/C(=C\c3ccc(C(=O)N4CCN(Cc5ccccc5)CC4)cc3)Sc3ccccc32)cc1. The van der Waals surface area contributed by atoms with Gasteiger partial charge in [-0.1, -0.05) is 96.2 Å². The van der Waals surface area contributed by atoms with Gasteiger partial charge in [-0.3, -0.25) is 14.5 Å². The van der Waals surface area contributed by atoms with Crippen LogP contribution in [0.4, 0.5) is 5.69 Å². The molecular weight excluding hydrogens is 526 g/mol. The molecule has 0 atom stereocenters. The van der Waals surface area contributed by atoms with E-state index in [1.807, 2.05) is 64.4 Å². The standard InChI is InChI=1S/C35H33N3O2S/c1-26-11-13-29(14-12-26)25-38-31-9-5-6-10-32(31)41-33(35(38)40)23-27-15-17-30(18-16-27)34(39)37-21-19-36(20-22-37)24-28-7-3-2-4-8-28/h2-18,23H,19-22,24-25H2,1H3/b33-23+. The van der Waals surface area contributed by atoms with E-state index in [4.69, 9.17) is 0 Å². The normalized spacial score (nSPS) is 16.6. The minimum Gasteiger partial charge on any atom is -0.336 e. The van der Waals surface area contributed by atoms with Gasteiger partial charge in [0.25, 0.3) is 11.8 Å². The van der Waals surface area contributed by atoms with Crippen molar-refractivity contribution in [1.29, 1.82) is 0 Å². The predicted molar refractivity (Wildman–Crippen MR) is 167 cm³/mol. The molecule has 0 aliphatic carbocycles. The summed E-state index contributed by atoms with van der Waals surface area (Å²) in [4.78, 5) is 34.8. The van der Waals surface area contributed by atoms with Gasteiger partial charge in [0.05, 0.1) is 17.1 Å². The highest BCUT2D eigenvalue weighted by Crippen LogP contribution is 2.42. The third-order valence-corrected chi connectivity index (χ3v) is 8.73. The third kappa shape index (κ3) is 6.29. The average Bonchev–Trinajstić information content (AvgIpc) is 3.01. The van der Waals surface area contributed by atoms with Crippen LogP contribution < -0.4 is 4.90 Å². The molecule has 1 fully saturated rings. The number of amides is 2. The Kier molecular flexibility index (Phi) is 8.03. The molecule has 4 aromatic carbocycles.